The third-order valence-corrected chi connectivity index (χ3v) is 8.28. The summed E-state index contributed by atoms with van der Waals surface area (Å²) in [7, 11) is 0. The van der Waals surface area contributed by atoms with Gasteiger partial charge >= 0.3 is 0 Å². The molecule has 0 unspecified atom stereocenters. The van der Waals surface area contributed by atoms with Crippen molar-refractivity contribution >= 4 is 40.9 Å². The van der Waals surface area contributed by atoms with Gasteiger partial charge in [0.1, 0.15) is 6.54 Å². The first-order chi connectivity index (χ1) is 20.4. The lowest BCUT2D eigenvalue weighted by Gasteiger charge is -2.24. The smallest absolute Gasteiger partial charge is 0.254 e. The summed E-state index contributed by atoms with van der Waals surface area (Å²) in [6.45, 7) is 2.98. The maximum Gasteiger partial charge on any atom is 0.254 e. The molecule has 3 heterocycles. The summed E-state index contributed by atoms with van der Waals surface area (Å²) in [5, 5.41) is 0.518. The predicted molar refractivity (Wildman–Crippen MR) is 160 cm³/mol. The number of anilines is 1. The maximum absolute atomic E-state index is 13.7. The van der Waals surface area contributed by atoms with Gasteiger partial charge in [0.05, 0.1) is 6.54 Å². The van der Waals surface area contributed by atoms with Gasteiger partial charge in [0, 0.05) is 60.1 Å². The van der Waals surface area contributed by atoms with Crippen LogP contribution in [0.5, 0.6) is 0 Å². The van der Waals surface area contributed by atoms with Gasteiger partial charge < -0.3 is 19.6 Å². The molecule has 4 amide bonds. The van der Waals surface area contributed by atoms with E-state index in [0.29, 0.717) is 40.5 Å². The van der Waals surface area contributed by atoms with Crippen LogP contribution < -0.4 is 4.90 Å². The Morgan fingerprint density at radius 3 is 1.90 bits per heavy atom. The lowest BCUT2D eigenvalue weighted by Crippen LogP contribution is -2.39. The molecule has 0 saturated carbocycles. The summed E-state index contributed by atoms with van der Waals surface area (Å²) in [6, 6.07) is 19.3. The molecule has 214 valence electrons. The Hall–Kier alpha value is -4.43. The molecule has 0 atom stereocenters. The van der Waals surface area contributed by atoms with Crippen molar-refractivity contribution in [1.82, 2.24) is 14.7 Å². The minimum atomic E-state index is -0.289. The highest BCUT2D eigenvalue weighted by Gasteiger charge is 2.31. The summed E-state index contributed by atoms with van der Waals surface area (Å²) in [4.78, 5) is 60.0. The minimum Gasteiger partial charge on any atom is -0.339 e. The van der Waals surface area contributed by atoms with E-state index in [-0.39, 0.29) is 43.3 Å². The largest absolute Gasteiger partial charge is 0.339 e. The van der Waals surface area contributed by atoms with Gasteiger partial charge in [-0.15, -0.1) is 0 Å². The molecule has 3 aromatic rings. The lowest BCUT2D eigenvalue weighted by atomic mass is 10.0. The zero-order chi connectivity index (χ0) is 29.2. The Morgan fingerprint density at radius 1 is 0.667 bits per heavy atom. The number of rotatable bonds is 5. The number of hydrogen-bond donors (Lipinski definition) is 0. The number of carbonyl (C=O) groups is 4. The van der Waals surface area contributed by atoms with E-state index in [2.05, 4.69) is 0 Å². The van der Waals surface area contributed by atoms with Crippen molar-refractivity contribution in [2.45, 2.75) is 25.9 Å². The number of fused-ring (bicyclic) bond motifs is 1. The van der Waals surface area contributed by atoms with Crippen LogP contribution in [0.3, 0.4) is 0 Å². The first-order valence-corrected chi connectivity index (χ1v) is 14.6. The molecule has 1 fully saturated rings. The van der Waals surface area contributed by atoms with E-state index in [1.54, 1.807) is 52.3 Å². The molecule has 3 aromatic carbocycles. The molecule has 42 heavy (non-hydrogen) atoms. The standard InChI is InChI=1S/C33H31ClN4O4/c34-28-12-9-25(10-13-28)32(41)37-21-27-19-26(33(42)36-17-3-4-18-36)11-14-29(27)38(30(39)22-37)20-23-5-7-24(8-6-23)31(40)35-15-1-2-16-35/h1-2,5-14,19H,3-4,15-18,20-22H2. The highest BCUT2D eigenvalue weighted by atomic mass is 35.5. The van der Waals surface area contributed by atoms with Crippen LogP contribution in [0, 0.1) is 0 Å². The fraction of sp³-hybridized carbons (Fsp3) is 0.273. The van der Waals surface area contributed by atoms with Gasteiger partial charge in [0.15, 0.2) is 0 Å². The number of nitrogens with zero attached hydrogens (tertiary/aromatic N) is 4. The Morgan fingerprint density at radius 2 is 1.24 bits per heavy atom. The molecule has 1 saturated heterocycles. The molecule has 0 spiro atoms. The van der Waals surface area contributed by atoms with Crippen LogP contribution in [0.4, 0.5) is 5.69 Å². The zero-order valence-corrected chi connectivity index (χ0v) is 23.9. The Balaban J connectivity index is 1.30. The fourth-order valence-electron chi connectivity index (χ4n) is 5.71. The summed E-state index contributed by atoms with van der Waals surface area (Å²) in [5.74, 6) is -0.600. The minimum absolute atomic E-state index is 0.0331. The highest BCUT2D eigenvalue weighted by molar-refractivity contribution is 6.30. The van der Waals surface area contributed by atoms with Gasteiger partial charge in [-0.3, -0.25) is 19.2 Å². The Labute approximate surface area is 249 Å². The number of carbonyl (C=O) groups excluding carboxylic acids is 4. The van der Waals surface area contributed by atoms with Crippen molar-refractivity contribution in [3.8, 4) is 0 Å². The maximum atomic E-state index is 13.7. The van der Waals surface area contributed by atoms with E-state index in [1.807, 2.05) is 41.3 Å². The summed E-state index contributed by atoms with van der Waals surface area (Å²) in [5.41, 5.74) is 3.80. The molecule has 0 radical (unpaired) electrons. The van der Waals surface area contributed by atoms with Crippen molar-refractivity contribution in [1.29, 1.82) is 0 Å². The second-order valence-corrected chi connectivity index (χ2v) is 11.3. The van der Waals surface area contributed by atoms with Crippen LogP contribution in [0.25, 0.3) is 0 Å². The Bertz CT molecular complexity index is 1550. The van der Waals surface area contributed by atoms with Gasteiger partial charge in [0.2, 0.25) is 5.91 Å². The molecule has 3 aliphatic heterocycles. The first-order valence-electron chi connectivity index (χ1n) is 14.2. The van der Waals surface area contributed by atoms with Crippen LogP contribution in [-0.2, 0) is 17.9 Å². The molecule has 8 nitrogen and oxygen atoms in total. The quantitative estimate of drug-likeness (QED) is 0.406. The van der Waals surface area contributed by atoms with Crippen molar-refractivity contribution in [2.24, 2.45) is 0 Å². The van der Waals surface area contributed by atoms with E-state index in [9.17, 15) is 19.2 Å². The lowest BCUT2D eigenvalue weighted by molar-refractivity contribution is -0.119. The van der Waals surface area contributed by atoms with Gasteiger partial charge in [0.25, 0.3) is 17.7 Å². The average molecular weight is 583 g/mol. The van der Waals surface area contributed by atoms with Crippen LogP contribution in [0.2, 0.25) is 5.02 Å². The van der Waals surface area contributed by atoms with E-state index in [0.717, 1.165) is 37.1 Å². The predicted octanol–water partition coefficient (Wildman–Crippen LogP) is 4.78. The third-order valence-electron chi connectivity index (χ3n) is 8.02. The molecule has 0 aromatic heterocycles. The van der Waals surface area contributed by atoms with E-state index in [4.69, 9.17) is 11.6 Å². The van der Waals surface area contributed by atoms with E-state index in [1.165, 1.54) is 4.90 Å². The topological polar surface area (TPSA) is 81.2 Å². The molecule has 6 rings (SSSR count). The second-order valence-electron chi connectivity index (χ2n) is 10.9. The molecular formula is C33H31ClN4O4. The molecule has 9 heteroatoms. The van der Waals surface area contributed by atoms with Crippen LogP contribution >= 0.6 is 11.6 Å². The van der Waals surface area contributed by atoms with Crippen molar-refractivity contribution in [3.63, 3.8) is 0 Å². The summed E-state index contributed by atoms with van der Waals surface area (Å²) >= 11 is 6.03. The van der Waals surface area contributed by atoms with E-state index < -0.39 is 0 Å². The normalized spacial score (nSPS) is 16.5. The number of amides is 4. The van der Waals surface area contributed by atoms with Crippen LogP contribution in [0.1, 0.15) is 55.0 Å². The van der Waals surface area contributed by atoms with Crippen molar-refractivity contribution < 1.29 is 19.2 Å². The zero-order valence-electron chi connectivity index (χ0n) is 23.2. The monoisotopic (exact) mass is 582 g/mol. The van der Waals surface area contributed by atoms with Gasteiger partial charge in [-0.25, -0.2) is 0 Å². The number of halogens is 1. The SMILES string of the molecule is O=C(c1ccc(CN2C(=O)CN(C(=O)c3ccc(Cl)cc3)Cc3cc(C(=O)N4CCCC4)ccc32)cc1)N1CC=CC1. The molecular weight excluding hydrogens is 552 g/mol. The van der Waals surface area contributed by atoms with Gasteiger partial charge in [-0.05, 0) is 78.6 Å². The Kier molecular flexibility index (Phi) is 7.80. The summed E-state index contributed by atoms with van der Waals surface area (Å²) in [6.07, 6.45) is 5.92. The molecule has 0 N–H and O–H groups in total. The number of benzene rings is 3. The average Bonchev–Trinajstić information content (AvgIpc) is 3.73. The highest BCUT2D eigenvalue weighted by Crippen LogP contribution is 2.30. The molecule has 0 aliphatic carbocycles. The molecule has 0 bridgehead atoms. The fourth-order valence-corrected chi connectivity index (χ4v) is 5.84. The second kappa shape index (κ2) is 11.8. The number of likely N-dealkylation sites (tertiary alicyclic amines) is 1. The van der Waals surface area contributed by atoms with Crippen molar-refractivity contribution in [2.75, 3.05) is 37.6 Å². The first kappa shape index (κ1) is 27.7. The van der Waals surface area contributed by atoms with Gasteiger partial charge in [-0.1, -0.05) is 35.9 Å². The summed E-state index contributed by atoms with van der Waals surface area (Å²) < 4.78 is 0. The van der Waals surface area contributed by atoms with Crippen molar-refractivity contribution in [3.05, 3.63) is 112 Å². The third kappa shape index (κ3) is 5.67. The van der Waals surface area contributed by atoms with Gasteiger partial charge in [-0.2, -0.15) is 0 Å². The van der Waals surface area contributed by atoms with Crippen LogP contribution in [0.15, 0.2) is 78.9 Å². The van der Waals surface area contributed by atoms with E-state index >= 15 is 0 Å². The molecule has 3 aliphatic rings. The van der Waals surface area contributed by atoms with Crippen LogP contribution in [-0.4, -0.2) is 71.1 Å². The number of hydrogen-bond acceptors (Lipinski definition) is 4.